The van der Waals surface area contributed by atoms with Crippen molar-refractivity contribution in [1.29, 1.82) is 0 Å². The van der Waals surface area contributed by atoms with Gasteiger partial charge in [0.1, 0.15) is 0 Å². The van der Waals surface area contributed by atoms with Crippen molar-refractivity contribution in [3.63, 3.8) is 0 Å². The van der Waals surface area contributed by atoms with E-state index in [9.17, 15) is 18.4 Å². The van der Waals surface area contributed by atoms with E-state index < -0.39 is 23.6 Å². The average molecular weight is 360 g/mol. The lowest BCUT2D eigenvalue weighted by Crippen LogP contribution is -2.42. The summed E-state index contributed by atoms with van der Waals surface area (Å²) in [5.41, 5.74) is 2.34. The van der Waals surface area contributed by atoms with Crippen LogP contribution in [0.4, 0.5) is 8.78 Å². The van der Waals surface area contributed by atoms with Crippen molar-refractivity contribution >= 4 is 11.9 Å². The number of hydrogen-bond acceptors (Lipinski definition) is 3. The number of amides is 1. The molecule has 1 aliphatic heterocycles. The van der Waals surface area contributed by atoms with Gasteiger partial charge < -0.3 is 10.4 Å². The van der Waals surface area contributed by atoms with Crippen LogP contribution in [0, 0.1) is 11.6 Å². The summed E-state index contributed by atoms with van der Waals surface area (Å²) < 4.78 is 26.7. The SMILES string of the molecule is CC(C(=O)NCc1ccc(C(=O)O)cc1)N1Cc2cc(F)c(F)cc2C1. The molecular formula is C19H18F2N2O3. The van der Waals surface area contributed by atoms with Crippen LogP contribution in [0.5, 0.6) is 0 Å². The quantitative estimate of drug-likeness (QED) is 0.860. The molecule has 0 fully saturated rings. The zero-order chi connectivity index (χ0) is 18.8. The molecule has 2 N–H and O–H groups in total. The van der Waals surface area contributed by atoms with Crippen LogP contribution >= 0.6 is 0 Å². The molecule has 7 heteroatoms. The smallest absolute Gasteiger partial charge is 0.335 e. The fourth-order valence-corrected chi connectivity index (χ4v) is 2.96. The number of carboxylic acid groups (broad SMARTS) is 1. The van der Waals surface area contributed by atoms with Gasteiger partial charge in [0.25, 0.3) is 0 Å². The highest BCUT2D eigenvalue weighted by molar-refractivity contribution is 5.87. The molecule has 1 unspecified atom stereocenters. The van der Waals surface area contributed by atoms with Gasteiger partial charge in [-0.25, -0.2) is 13.6 Å². The largest absolute Gasteiger partial charge is 0.478 e. The molecule has 0 aromatic heterocycles. The Balaban J connectivity index is 1.57. The van der Waals surface area contributed by atoms with Crippen molar-refractivity contribution in [2.75, 3.05) is 0 Å². The van der Waals surface area contributed by atoms with E-state index in [0.29, 0.717) is 24.2 Å². The van der Waals surface area contributed by atoms with Crippen molar-refractivity contribution in [2.45, 2.75) is 32.6 Å². The van der Waals surface area contributed by atoms with Crippen LogP contribution < -0.4 is 5.32 Å². The van der Waals surface area contributed by atoms with Gasteiger partial charge in [0.05, 0.1) is 11.6 Å². The molecule has 136 valence electrons. The van der Waals surface area contributed by atoms with E-state index in [1.807, 2.05) is 4.90 Å². The lowest BCUT2D eigenvalue weighted by Gasteiger charge is -2.23. The minimum atomic E-state index is -1.00. The zero-order valence-corrected chi connectivity index (χ0v) is 14.1. The number of nitrogens with zero attached hydrogens (tertiary/aromatic N) is 1. The molecule has 0 spiro atoms. The van der Waals surface area contributed by atoms with E-state index in [0.717, 1.165) is 5.56 Å². The molecule has 0 bridgehead atoms. The summed E-state index contributed by atoms with van der Waals surface area (Å²) in [6, 6.07) is 8.14. The highest BCUT2D eigenvalue weighted by atomic mass is 19.2. The van der Waals surface area contributed by atoms with Crippen LogP contribution in [0.15, 0.2) is 36.4 Å². The van der Waals surface area contributed by atoms with Crippen LogP contribution in [-0.2, 0) is 24.4 Å². The second-order valence-corrected chi connectivity index (χ2v) is 6.34. The molecule has 0 aliphatic carbocycles. The molecule has 2 aromatic carbocycles. The Morgan fingerprint density at radius 1 is 1.12 bits per heavy atom. The molecule has 2 aromatic rings. The predicted molar refractivity (Wildman–Crippen MR) is 90.3 cm³/mol. The molecule has 1 heterocycles. The highest BCUT2D eigenvalue weighted by Gasteiger charge is 2.28. The standard InChI is InChI=1S/C19H18F2N2O3/c1-11(23-9-14-6-16(20)17(21)7-15(14)10-23)18(24)22-8-12-2-4-13(5-3-12)19(25)26/h2-7,11H,8-10H2,1H3,(H,22,24)(H,25,26). The van der Waals surface area contributed by atoms with Crippen LogP contribution in [0.3, 0.4) is 0 Å². The number of fused-ring (bicyclic) bond motifs is 1. The fourth-order valence-electron chi connectivity index (χ4n) is 2.96. The summed E-state index contributed by atoms with van der Waals surface area (Å²) in [7, 11) is 0. The summed E-state index contributed by atoms with van der Waals surface area (Å²) >= 11 is 0. The summed E-state index contributed by atoms with van der Waals surface area (Å²) in [4.78, 5) is 25.0. The minimum Gasteiger partial charge on any atom is -0.478 e. The van der Waals surface area contributed by atoms with Crippen molar-refractivity contribution in [1.82, 2.24) is 10.2 Å². The normalized spacial score (nSPS) is 14.7. The maximum atomic E-state index is 13.3. The predicted octanol–water partition coefficient (Wildman–Crippen LogP) is 2.68. The van der Waals surface area contributed by atoms with E-state index in [1.54, 1.807) is 19.1 Å². The van der Waals surface area contributed by atoms with E-state index >= 15 is 0 Å². The molecular weight excluding hydrogens is 342 g/mol. The number of nitrogens with one attached hydrogen (secondary N) is 1. The van der Waals surface area contributed by atoms with Gasteiger partial charge >= 0.3 is 5.97 Å². The first-order chi connectivity index (χ1) is 12.3. The summed E-state index contributed by atoms with van der Waals surface area (Å²) in [6.07, 6.45) is 0. The molecule has 0 radical (unpaired) electrons. The topological polar surface area (TPSA) is 69.6 Å². The Morgan fingerprint density at radius 3 is 2.15 bits per heavy atom. The summed E-state index contributed by atoms with van der Waals surface area (Å²) in [5.74, 6) is -2.98. The molecule has 26 heavy (non-hydrogen) atoms. The number of hydrogen-bond donors (Lipinski definition) is 2. The Bertz CT molecular complexity index is 822. The van der Waals surface area contributed by atoms with Gasteiger partial charge in [0, 0.05) is 19.6 Å². The van der Waals surface area contributed by atoms with E-state index in [1.165, 1.54) is 24.3 Å². The number of carboxylic acids is 1. The average Bonchev–Trinajstić information content (AvgIpc) is 3.02. The Kier molecular flexibility index (Phi) is 4.99. The fraction of sp³-hybridized carbons (Fsp3) is 0.263. The van der Waals surface area contributed by atoms with Crippen LogP contribution in [0.25, 0.3) is 0 Å². The second kappa shape index (κ2) is 7.21. The Hall–Kier alpha value is -2.80. The van der Waals surface area contributed by atoms with Crippen molar-refractivity contribution in [3.8, 4) is 0 Å². The van der Waals surface area contributed by atoms with Crippen LogP contribution in [0.2, 0.25) is 0 Å². The van der Waals surface area contributed by atoms with Gasteiger partial charge in [-0.15, -0.1) is 0 Å². The monoisotopic (exact) mass is 360 g/mol. The van der Waals surface area contributed by atoms with Crippen molar-refractivity contribution in [3.05, 3.63) is 70.3 Å². The third kappa shape index (κ3) is 3.72. The third-order valence-electron chi connectivity index (χ3n) is 4.58. The first kappa shape index (κ1) is 18.0. The maximum Gasteiger partial charge on any atom is 0.335 e. The molecule has 3 rings (SSSR count). The van der Waals surface area contributed by atoms with E-state index in [-0.39, 0.29) is 18.0 Å². The number of aromatic carboxylic acids is 1. The molecule has 1 amide bonds. The number of carbonyl (C=O) groups excluding carboxylic acids is 1. The van der Waals surface area contributed by atoms with E-state index in [2.05, 4.69) is 5.32 Å². The molecule has 0 saturated heterocycles. The van der Waals surface area contributed by atoms with E-state index in [4.69, 9.17) is 5.11 Å². The highest BCUT2D eigenvalue weighted by Crippen LogP contribution is 2.26. The lowest BCUT2D eigenvalue weighted by atomic mass is 10.1. The first-order valence-corrected chi connectivity index (χ1v) is 8.16. The molecule has 1 aliphatic rings. The molecule has 5 nitrogen and oxygen atoms in total. The molecule has 0 saturated carbocycles. The zero-order valence-electron chi connectivity index (χ0n) is 14.1. The van der Waals surface area contributed by atoms with Gasteiger partial charge in [-0.1, -0.05) is 12.1 Å². The summed E-state index contributed by atoms with van der Waals surface area (Å²) in [5, 5.41) is 11.7. The molecule has 1 atom stereocenters. The van der Waals surface area contributed by atoms with Crippen LogP contribution in [0.1, 0.15) is 34.0 Å². The first-order valence-electron chi connectivity index (χ1n) is 8.16. The Labute approximate surface area is 149 Å². The second-order valence-electron chi connectivity index (χ2n) is 6.34. The lowest BCUT2D eigenvalue weighted by molar-refractivity contribution is -0.126. The maximum absolute atomic E-state index is 13.3. The van der Waals surface area contributed by atoms with Gasteiger partial charge in [-0.05, 0) is 47.9 Å². The van der Waals surface area contributed by atoms with Gasteiger partial charge in [-0.2, -0.15) is 0 Å². The number of carbonyl (C=O) groups is 2. The van der Waals surface area contributed by atoms with Gasteiger partial charge in [-0.3, -0.25) is 9.69 Å². The number of rotatable bonds is 5. The summed E-state index contributed by atoms with van der Waals surface area (Å²) in [6.45, 7) is 2.78. The van der Waals surface area contributed by atoms with Crippen LogP contribution in [-0.4, -0.2) is 27.9 Å². The van der Waals surface area contributed by atoms with Gasteiger partial charge in [0.2, 0.25) is 5.91 Å². The Morgan fingerprint density at radius 2 is 1.65 bits per heavy atom. The van der Waals surface area contributed by atoms with Crippen molar-refractivity contribution in [2.24, 2.45) is 0 Å². The minimum absolute atomic E-state index is 0.183. The number of benzene rings is 2. The van der Waals surface area contributed by atoms with Gasteiger partial charge in [0.15, 0.2) is 11.6 Å². The number of halogens is 2. The van der Waals surface area contributed by atoms with Crippen molar-refractivity contribution < 1.29 is 23.5 Å². The third-order valence-corrected chi connectivity index (χ3v) is 4.58.